The Kier molecular flexibility index (Phi) is 11.2. The molecule has 4 rings (SSSR count). The van der Waals surface area contributed by atoms with Crippen LogP contribution in [0.5, 0.6) is 11.5 Å². The van der Waals surface area contributed by atoms with E-state index in [9.17, 15) is 19.8 Å². The van der Waals surface area contributed by atoms with Crippen molar-refractivity contribution in [2.45, 2.75) is 77.7 Å². The minimum absolute atomic E-state index is 0.162. The average Bonchev–Trinajstić information content (AvgIpc) is 3.00. The van der Waals surface area contributed by atoms with Crippen LogP contribution in [0, 0.1) is 27.7 Å². The van der Waals surface area contributed by atoms with Gasteiger partial charge in [-0.25, -0.2) is 0 Å². The summed E-state index contributed by atoms with van der Waals surface area (Å²) < 4.78 is 11.8. The molecule has 230 valence electrons. The molecule has 1 aliphatic rings. The van der Waals surface area contributed by atoms with E-state index in [0.717, 1.165) is 40.7 Å². The number of hydrogen-bond acceptors (Lipinski definition) is 6. The summed E-state index contributed by atoms with van der Waals surface area (Å²) in [4.78, 5) is 28.1. The number of carbonyl (C=O) groups excluding carboxylic acids is 2. The van der Waals surface area contributed by atoms with Crippen molar-refractivity contribution in [3.63, 3.8) is 0 Å². The first-order valence-electron chi connectivity index (χ1n) is 15.0. The van der Waals surface area contributed by atoms with Crippen molar-refractivity contribution >= 4 is 11.8 Å². The molecule has 0 aromatic heterocycles. The number of benzene rings is 3. The number of carbonyl (C=O) groups is 2. The first-order chi connectivity index (χ1) is 20.7. The van der Waals surface area contributed by atoms with Gasteiger partial charge in [0.15, 0.2) is 13.2 Å². The second-order valence-electron chi connectivity index (χ2n) is 11.5. The smallest absolute Gasteiger partial charge is 0.260 e. The van der Waals surface area contributed by atoms with E-state index in [1.165, 1.54) is 0 Å². The van der Waals surface area contributed by atoms with E-state index in [0.29, 0.717) is 30.9 Å². The quantitative estimate of drug-likeness (QED) is 0.293. The van der Waals surface area contributed by atoms with Crippen molar-refractivity contribution in [2.24, 2.45) is 0 Å². The fourth-order valence-corrected chi connectivity index (χ4v) is 5.87. The lowest BCUT2D eigenvalue weighted by Crippen LogP contribution is -2.59. The highest BCUT2D eigenvalue weighted by Gasteiger charge is 2.39. The highest BCUT2D eigenvalue weighted by Crippen LogP contribution is 2.26. The highest BCUT2D eigenvalue weighted by molar-refractivity contribution is 5.79. The Morgan fingerprint density at radius 1 is 0.814 bits per heavy atom. The van der Waals surface area contributed by atoms with Gasteiger partial charge in [0.1, 0.15) is 23.7 Å². The van der Waals surface area contributed by atoms with Crippen LogP contribution in [0.1, 0.15) is 47.1 Å². The Morgan fingerprint density at radius 3 is 1.95 bits per heavy atom. The molecule has 8 nitrogen and oxygen atoms in total. The molecular weight excluding hydrogens is 544 g/mol. The largest absolute Gasteiger partial charge is 0.483 e. The zero-order valence-corrected chi connectivity index (χ0v) is 25.6. The number of rotatable bonds is 12. The number of aliphatic hydroxyl groups excluding tert-OH is 2. The zero-order chi connectivity index (χ0) is 30.9. The van der Waals surface area contributed by atoms with Crippen LogP contribution in [0.2, 0.25) is 0 Å². The number of ether oxygens (including phenoxy) is 2. The van der Waals surface area contributed by atoms with Gasteiger partial charge in [0, 0.05) is 6.54 Å². The Balaban J connectivity index is 1.46. The molecule has 43 heavy (non-hydrogen) atoms. The summed E-state index contributed by atoms with van der Waals surface area (Å²) in [7, 11) is 0. The van der Waals surface area contributed by atoms with Crippen LogP contribution in [0.15, 0.2) is 66.7 Å². The number of aliphatic hydroxyl groups is 2. The molecule has 0 unspecified atom stereocenters. The Labute approximate surface area is 254 Å². The maximum absolute atomic E-state index is 13.4. The standard InChI is InChI=1S/C35H44N2O6/c1-23-12-10-13-24(2)34(23)42-21-30(38)36-28(20-27-16-6-5-7-17-27)32(40)33(41)29-18-8-9-19-37(29)31(39)22-43-35-25(3)14-11-15-26(35)4/h5-7,10-17,28-29,32-33,40-41H,8-9,18-22H2,1-4H3,(H,36,38)/t28-,29-,32-,33-/m0/s1. The van der Waals surface area contributed by atoms with Crippen molar-refractivity contribution in [3.8, 4) is 11.5 Å². The number of amides is 2. The summed E-state index contributed by atoms with van der Waals surface area (Å²) in [6, 6.07) is 19.7. The Bertz CT molecular complexity index is 1340. The predicted molar refractivity (Wildman–Crippen MR) is 166 cm³/mol. The van der Waals surface area contributed by atoms with E-state index in [4.69, 9.17) is 9.47 Å². The van der Waals surface area contributed by atoms with Crippen molar-refractivity contribution in [2.75, 3.05) is 19.8 Å². The van der Waals surface area contributed by atoms with Gasteiger partial charge in [0.2, 0.25) is 0 Å². The third-order valence-electron chi connectivity index (χ3n) is 8.18. The van der Waals surface area contributed by atoms with E-state index in [2.05, 4.69) is 5.32 Å². The topological polar surface area (TPSA) is 108 Å². The van der Waals surface area contributed by atoms with E-state index in [1.807, 2.05) is 94.4 Å². The SMILES string of the molecule is Cc1cccc(C)c1OCC(=O)N[C@@H](Cc1ccccc1)[C@H](O)[C@@H](O)[C@@H]1CCCCN1C(=O)COc1c(C)cccc1C. The van der Waals surface area contributed by atoms with E-state index < -0.39 is 30.2 Å². The van der Waals surface area contributed by atoms with E-state index in [1.54, 1.807) is 4.90 Å². The predicted octanol–water partition coefficient (Wildman–Crippen LogP) is 4.21. The van der Waals surface area contributed by atoms with Gasteiger partial charge < -0.3 is 29.9 Å². The second-order valence-corrected chi connectivity index (χ2v) is 11.5. The lowest BCUT2D eigenvalue weighted by Gasteiger charge is -2.41. The Hall–Kier alpha value is -3.88. The van der Waals surface area contributed by atoms with Crippen molar-refractivity contribution in [3.05, 3.63) is 94.5 Å². The van der Waals surface area contributed by atoms with Gasteiger partial charge in [-0.2, -0.15) is 0 Å². The number of nitrogens with zero attached hydrogens (tertiary/aromatic N) is 1. The molecule has 0 bridgehead atoms. The van der Waals surface area contributed by atoms with Crippen LogP contribution in [-0.2, 0) is 16.0 Å². The van der Waals surface area contributed by atoms with Crippen molar-refractivity contribution in [1.82, 2.24) is 10.2 Å². The number of likely N-dealkylation sites (tertiary alicyclic amines) is 1. The van der Waals surface area contributed by atoms with Gasteiger partial charge in [-0.05, 0) is 81.2 Å². The number of para-hydroxylation sites is 2. The van der Waals surface area contributed by atoms with Crippen LogP contribution < -0.4 is 14.8 Å². The van der Waals surface area contributed by atoms with Crippen molar-refractivity contribution in [1.29, 1.82) is 0 Å². The molecule has 0 aliphatic carbocycles. The third kappa shape index (κ3) is 8.36. The average molecular weight is 589 g/mol. The normalized spacial score (nSPS) is 17.1. The van der Waals surface area contributed by atoms with Gasteiger partial charge in [0.05, 0.1) is 12.1 Å². The summed E-state index contributed by atoms with van der Waals surface area (Å²) in [6.07, 6.45) is -0.163. The number of aryl methyl sites for hydroxylation is 4. The molecule has 0 saturated carbocycles. The first kappa shape index (κ1) is 32.0. The molecule has 1 aliphatic heterocycles. The minimum atomic E-state index is -1.33. The lowest BCUT2D eigenvalue weighted by atomic mass is 9.89. The van der Waals surface area contributed by atoms with E-state index >= 15 is 0 Å². The molecule has 3 aromatic rings. The molecule has 0 spiro atoms. The molecule has 1 heterocycles. The maximum atomic E-state index is 13.4. The van der Waals surface area contributed by atoms with Gasteiger partial charge >= 0.3 is 0 Å². The van der Waals surface area contributed by atoms with Crippen LogP contribution in [0.3, 0.4) is 0 Å². The molecule has 3 N–H and O–H groups in total. The molecule has 8 heteroatoms. The molecule has 1 saturated heterocycles. The maximum Gasteiger partial charge on any atom is 0.260 e. The van der Waals surface area contributed by atoms with Crippen LogP contribution in [0.4, 0.5) is 0 Å². The summed E-state index contributed by atoms with van der Waals surface area (Å²) in [5, 5.41) is 25.9. The molecule has 3 aromatic carbocycles. The molecule has 4 atom stereocenters. The van der Waals surface area contributed by atoms with E-state index in [-0.39, 0.29) is 19.1 Å². The van der Waals surface area contributed by atoms with Gasteiger partial charge in [0.25, 0.3) is 11.8 Å². The Morgan fingerprint density at radius 2 is 1.37 bits per heavy atom. The third-order valence-corrected chi connectivity index (χ3v) is 8.18. The first-order valence-corrected chi connectivity index (χ1v) is 15.0. The summed E-state index contributed by atoms with van der Waals surface area (Å²) in [6.45, 7) is 7.78. The fourth-order valence-electron chi connectivity index (χ4n) is 5.87. The van der Waals surface area contributed by atoms with Crippen LogP contribution in [0.25, 0.3) is 0 Å². The summed E-state index contributed by atoms with van der Waals surface area (Å²) >= 11 is 0. The second kappa shape index (κ2) is 15.0. The van der Waals surface area contributed by atoms with Gasteiger partial charge in [-0.3, -0.25) is 9.59 Å². The van der Waals surface area contributed by atoms with Crippen molar-refractivity contribution < 1.29 is 29.3 Å². The highest BCUT2D eigenvalue weighted by atomic mass is 16.5. The van der Waals surface area contributed by atoms with Crippen LogP contribution in [-0.4, -0.2) is 71.0 Å². The monoisotopic (exact) mass is 588 g/mol. The zero-order valence-electron chi connectivity index (χ0n) is 25.6. The number of piperidine rings is 1. The van der Waals surface area contributed by atoms with Gasteiger partial charge in [-0.15, -0.1) is 0 Å². The summed E-state index contributed by atoms with van der Waals surface area (Å²) in [5.74, 6) is 0.675. The fraction of sp³-hybridized carbons (Fsp3) is 0.429. The van der Waals surface area contributed by atoms with Gasteiger partial charge in [-0.1, -0.05) is 66.7 Å². The number of hydrogen-bond donors (Lipinski definition) is 3. The molecule has 2 amide bonds. The molecule has 1 fully saturated rings. The lowest BCUT2D eigenvalue weighted by molar-refractivity contribution is -0.144. The summed E-state index contributed by atoms with van der Waals surface area (Å²) in [5.41, 5.74) is 4.63. The minimum Gasteiger partial charge on any atom is -0.483 e. The molecular formula is C35H44N2O6. The molecule has 0 radical (unpaired) electrons. The van der Waals surface area contributed by atoms with Crippen LogP contribution >= 0.6 is 0 Å². The number of nitrogens with one attached hydrogen (secondary N) is 1.